The lowest BCUT2D eigenvalue weighted by Crippen LogP contribution is -2.28. The molecule has 1 heterocycles. The van der Waals surface area contributed by atoms with Crippen LogP contribution in [0.15, 0.2) is 36.4 Å². The minimum absolute atomic E-state index is 0.0632. The lowest BCUT2D eigenvalue weighted by molar-refractivity contribution is -0.122. The zero-order valence-corrected chi connectivity index (χ0v) is 15.4. The monoisotopic (exact) mass is 372 g/mol. The number of carbonyl (C=O) groups is 2. The van der Waals surface area contributed by atoms with Crippen LogP contribution in [0.5, 0.6) is 11.5 Å². The standard InChI is InChI=1S/C20H21FN2O4/c1-12-4-6-16(15(21)8-12)22-20(25)13-9-19(24)23(11-13)14-5-7-17(26-2)18(10-14)27-3/h4-8,10,13H,9,11H2,1-3H3,(H,22,25). The maximum absolute atomic E-state index is 14.0. The first-order valence-electron chi connectivity index (χ1n) is 8.52. The SMILES string of the molecule is COc1ccc(N2CC(C(=O)Nc3ccc(C)cc3F)CC2=O)cc1OC. The summed E-state index contributed by atoms with van der Waals surface area (Å²) in [7, 11) is 3.04. The third-order valence-corrected chi connectivity index (χ3v) is 4.56. The molecule has 7 heteroatoms. The van der Waals surface area contributed by atoms with E-state index in [2.05, 4.69) is 5.32 Å². The normalized spacial score (nSPS) is 16.4. The Balaban J connectivity index is 1.74. The minimum Gasteiger partial charge on any atom is -0.493 e. The zero-order valence-electron chi connectivity index (χ0n) is 15.4. The van der Waals surface area contributed by atoms with E-state index in [0.717, 1.165) is 5.56 Å². The van der Waals surface area contributed by atoms with Crippen LogP contribution in [-0.4, -0.2) is 32.6 Å². The summed E-state index contributed by atoms with van der Waals surface area (Å²) in [5.74, 6) is -0.564. The molecular formula is C20H21FN2O4. The van der Waals surface area contributed by atoms with Gasteiger partial charge in [-0.1, -0.05) is 6.07 Å². The summed E-state index contributed by atoms with van der Waals surface area (Å²) < 4.78 is 24.4. The Kier molecular flexibility index (Phi) is 5.30. The Labute approximate surface area is 156 Å². The average Bonchev–Trinajstić information content (AvgIpc) is 3.05. The third-order valence-electron chi connectivity index (χ3n) is 4.56. The van der Waals surface area contributed by atoms with Gasteiger partial charge in [-0.15, -0.1) is 0 Å². The van der Waals surface area contributed by atoms with Crippen LogP contribution in [0.3, 0.4) is 0 Å². The predicted molar refractivity (Wildman–Crippen MR) is 99.8 cm³/mol. The Morgan fingerprint density at radius 2 is 1.89 bits per heavy atom. The van der Waals surface area contributed by atoms with E-state index in [9.17, 15) is 14.0 Å². The first kappa shape index (κ1) is 18.7. The van der Waals surface area contributed by atoms with Gasteiger partial charge in [-0.3, -0.25) is 9.59 Å². The maximum Gasteiger partial charge on any atom is 0.229 e. The fourth-order valence-electron chi connectivity index (χ4n) is 3.08. The summed E-state index contributed by atoms with van der Waals surface area (Å²) in [6.07, 6.45) is 0.0632. The molecule has 1 aliphatic heterocycles. The number of carbonyl (C=O) groups excluding carboxylic acids is 2. The van der Waals surface area contributed by atoms with E-state index in [1.165, 1.54) is 31.3 Å². The first-order chi connectivity index (χ1) is 12.9. The number of hydrogen-bond acceptors (Lipinski definition) is 4. The molecule has 0 saturated carbocycles. The lowest BCUT2D eigenvalue weighted by atomic mass is 10.1. The van der Waals surface area contributed by atoms with E-state index in [0.29, 0.717) is 17.2 Å². The second-order valence-electron chi connectivity index (χ2n) is 6.42. The predicted octanol–water partition coefficient (Wildman–Crippen LogP) is 3.14. The number of nitrogens with one attached hydrogen (secondary N) is 1. The van der Waals surface area contributed by atoms with Gasteiger partial charge in [-0.25, -0.2) is 4.39 Å². The lowest BCUT2D eigenvalue weighted by Gasteiger charge is -2.18. The van der Waals surface area contributed by atoms with Gasteiger partial charge in [0, 0.05) is 24.7 Å². The van der Waals surface area contributed by atoms with E-state index in [1.807, 2.05) is 0 Å². The number of ether oxygens (including phenoxy) is 2. The number of benzene rings is 2. The van der Waals surface area contributed by atoms with Gasteiger partial charge in [0.15, 0.2) is 11.5 Å². The molecule has 2 aromatic carbocycles. The second-order valence-corrected chi connectivity index (χ2v) is 6.42. The van der Waals surface area contributed by atoms with Crippen molar-refractivity contribution >= 4 is 23.2 Å². The van der Waals surface area contributed by atoms with Crippen molar-refractivity contribution < 1.29 is 23.5 Å². The molecular weight excluding hydrogens is 351 g/mol. The summed E-state index contributed by atoms with van der Waals surface area (Å²) in [5.41, 5.74) is 1.50. The first-order valence-corrected chi connectivity index (χ1v) is 8.52. The van der Waals surface area contributed by atoms with Crippen molar-refractivity contribution in [3.8, 4) is 11.5 Å². The molecule has 0 aliphatic carbocycles. The summed E-state index contributed by atoms with van der Waals surface area (Å²) in [4.78, 5) is 26.4. The fraction of sp³-hybridized carbons (Fsp3) is 0.300. The molecule has 1 saturated heterocycles. The minimum atomic E-state index is -0.564. The molecule has 0 aromatic heterocycles. The van der Waals surface area contributed by atoms with E-state index in [-0.39, 0.29) is 30.5 Å². The van der Waals surface area contributed by atoms with E-state index in [1.54, 1.807) is 31.2 Å². The van der Waals surface area contributed by atoms with Gasteiger partial charge in [0.25, 0.3) is 0 Å². The number of anilines is 2. The molecule has 0 radical (unpaired) electrons. The molecule has 2 aromatic rings. The van der Waals surface area contributed by atoms with Crippen LogP contribution in [-0.2, 0) is 9.59 Å². The summed E-state index contributed by atoms with van der Waals surface area (Å²) >= 11 is 0. The molecule has 0 spiro atoms. The highest BCUT2D eigenvalue weighted by Gasteiger charge is 2.35. The molecule has 142 valence electrons. The summed E-state index contributed by atoms with van der Waals surface area (Å²) in [5, 5.41) is 2.58. The zero-order chi connectivity index (χ0) is 19.6. The van der Waals surface area contributed by atoms with Gasteiger partial charge in [-0.2, -0.15) is 0 Å². The fourth-order valence-corrected chi connectivity index (χ4v) is 3.08. The number of rotatable bonds is 5. The number of aryl methyl sites for hydroxylation is 1. The molecule has 3 rings (SSSR count). The molecule has 27 heavy (non-hydrogen) atoms. The van der Waals surface area contributed by atoms with Crippen LogP contribution >= 0.6 is 0 Å². The number of hydrogen-bond donors (Lipinski definition) is 1. The number of methoxy groups -OCH3 is 2. The van der Waals surface area contributed by atoms with E-state index < -0.39 is 11.7 Å². The molecule has 1 aliphatic rings. The van der Waals surface area contributed by atoms with Gasteiger partial charge in [0.1, 0.15) is 5.82 Å². The Morgan fingerprint density at radius 1 is 1.15 bits per heavy atom. The second kappa shape index (κ2) is 7.65. The molecule has 1 atom stereocenters. The third kappa shape index (κ3) is 3.86. The van der Waals surface area contributed by atoms with Crippen LogP contribution in [0.1, 0.15) is 12.0 Å². The van der Waals surface area contributed by atoms with Crippen molar-refractivity contribution in [3.05, 3.63) is 47.8 Å². The molecule has 2 amide bonds. The van der Waals surface area contributed by atoms with E-state index >= 15 is 0 Å². The van der Waals surface area contributed by atoms with Crippen LogP contribution in [0.25, 0.3) is 0 Å². The molecule has 1 fully saturated rings. The van der Waals surface area contributed by atoms with Crippen molar-refractivity contribution in [1.29, 1.82) is 0 Å². The van der Waals surface area contributed by atoms with Crippen LogP contribution in [0.2, 0.25) is 0 Å². The largest absolute Gasteiger partial charge is 0.493 e. The highest BCUT2D eigenvalue weighted by molar-refractivity contribution is 6.03. The maximum atomic E-state index is 14.0. The van der Waals surface area contributed by atoms with Gasteiger partial charge >= 0.3 is 0 Å². The molecule has 1 N–H and O–H groups in total. The van der Waals surface area contributed by atoms with Crippen molar-refractivity contribution in [3.63, 3.8) is 0 Å². The molecule has 6 nitrogen and oxygen atoms in total. The topological polar surface area (TPSA) is 67.9 Å². The number of nitrogens with zero attached hydrogens (tertiary/aromatic N) is 1. The molecule has 1 unspecified atom stereocenters. The van der Waals surface area contributed by atoms with E-state index in [4.69, 9.17) is 9.47 Å². The average molecular weight is 372 g/mol. The van der Waals surface area contributed by atoms with Crippen molar-refractivity contribution in [2.75, 3.05) is 31.0 Å². The quantitative estimate of drug-likeness (QED) is 0.876. The number of amides is 2. The van der Waals surface area contributed by atoms with Gasteiger partial charge in [0.2, 0.25) is 11.8 Å². The van der Waals surface area contributed by atoms with Crippen LogP contribution < -0.4 is 19.7 Å². The smallest absolute Gasteiger partial charge is 0.229 e. The van der Waals surface area contributed by atoms with Crippen LogP contribution in [0.4, 0.5) is 15.8 Å². The summed E-state index contributed by atoms with van der Waals surface area (Å²) in [6.45, 7) is 1.99. The Hall–Kier alpha value is -3.09. The highest BCUT2D eigenvalue weighted by atomic mass is 19.1. The van der Waals surface area contributed by atoms with Crippen LogP contribution in [0, 0.1) is 18.7 Å². The van der Waals surface area contributed by atoms with Crippen molar-refractivity contribution in [1.82, 2.24) is 0 Å². The highest BCUT2D eigenvalue weighted by Crippen LogP contribution is 2.34. The number of halogens is 1. The summed E-state index contributed by atoms with van der Waals surface area (Å²) in [6, 6.07) is 9.72. The Morgan fingerprint density at radius 3 is 2.56 bits per heavy atom. The van der Waals surface area contributed by atoms with Crippen molar-refractivity contribution in [2.24, 2.45) is 5.92 Å². The van der Waals surface area contributed by atoms with Crippen molar-refractivity contribution in [2.45, 2.75) is 13.3 Å². The van der Waals surface area contributed by atoms with Gasteiger partial charge in [0.05, 0.1) is 25.8 Å². The Bertz CT molecular complexity index is 884. The van der Waals surface area contributed by atoms with Gasteiger partial charge < -0.3 is 19.7 Å². The molecule has 0 bridgehead atoms. The van der Waals surface area contributed by atoms with Gasteiger partial charge in [-0.05, 0) is 36.8 Å².